The third-order valence-corrected chi connectivity index (χ3v) is 6.74. The molecule has 0 aliphatic heterocycles. The van der Waals surface area contributed by atoms with Gasteiger partial charge < -0.3 is 9.84 Å². The van der Waals surface area contributed by atoms with Gasteiger partial charge in [0.25, 0.3) is 0 Å². The van der Waals surface area contributed by atoms with E-state index in [9.17, 15) is 8.42 Å². The molecule has 150 valence electrons. The number of rotatable bonds is 9. The summed E-state index contributed by atoms with van der Waals surface area (Å²) in [4.78, 5) is 8.69. The fourth-order valence-corrected chi connectivity index (χ4v) is 5.24. The predicted molar refractivity (Wildman–Crippen MR) is 109 cm³/mol. The van der Waals surface area contributed by atoms with E-state index in [-0.39, 0.29) is 16.7 Å². The molecule has 2 N–H and O–H groups in total. The van der Waals surface area contributed by atoms with E-state index in [1.807, 2.05) is 24.4 Å². The van der Waals surface area contributed by atoms with Crippen molar-refractivity contribution < 1.29 is 12.9 Å². The third-order valence-electron chi connectivity index (χ3n) is 4.18. The van der Waals surface area contributed by atoms with Crippen LogP contribution in [0.4, 0.5) is 5.13 Å². The molecule has 0 saturated heterocycles. The zero-order valence-electron chi connectivity index (χ0n) is 16.0. The van der Waals surface area contributed by atoms with Gasteiger partial charge in [-0.25, -0.2) is 18.1 Å². The summed E-state index contributed by atoms with van der Waals surface area (Å²) in [5.74, 6) is 0.287. The van der Waals surface area contributed by atoms with Gasteiger partial charge in [-0.2, -0.15) is 0 Å². The number of aryl methyl sites for hydroxylation is 2. The summed E-state index contributed by atoms with van der Waals surface area (Å²) < 4.78 is 33.3. The molecule has 0 bridgehead atoms. The van der Waals surface area contributed by atoms with E-state index in [0.29, 0.717) is 18.7 Å². The van der Waals surface area contributed by atoms with Crippen LogP contribution in [0.5, 0.6) is 0 Å². The predicted octanol–water partition coefficient (Wildman–Crippen LogP) is 3.37. The van der Waals surface area contributed by atoms with Crippen molar-refractivity contribution in [3.63, 3.8) is 0 Å². The minimum atomic E-state index is -3.71. The minimum absolute atomic E-state index is 0.114. The van der Waals surface area contributed by atoms with Crippen LogP contribution in [0.15, 0.2) is 39.3 Å². The van der Waals surface area contributed by atoms with Gasteiger partial charge in [-0.15, -0.1) is 11.3 Å². The highest BCUT2D eigenvalue weighted by Gasteiger charge is 2.27. The summed E-state index contributed by atoms with van der Waals surface area (Å²) in [5, 5.41) is 9.68. The standard InChI is InChI=1S/C18H23N5O3S2/c1-4-5-15(23-28(24,25)17-12(2)22-26-13(17)3)10-20-18-21-16(11-27-18)14-6-8-19-9-7-14/h6-9,11,15,23H,4-5,10H2,1-3H3,(H,20,21). The second-order valence-electron chi connectivity index (χ2n) is 6.41. The largest absolute Gasteiger partial charge is 0.360 e. The van der Waals surface area contributed by atoms with E-state index < -0.39 is 10.0 Å². The number of anilines is 1. The highest BCUT2D eigenvalue weighted by atomic mass is 32.2. The van der Waals surface area contributed by atoms with Crippen molar-refractivity contribution in [1.82, 2.24) is 19.8 Å². The van der Waals surface area contributed by atoms with Crippen molar-refractivity contribution in [2.75, 3.05) is 11.9 Å². The molecular weight excluding hydrogens is 398 g/mol. The minimum Gasteiger partial charge on any atom is -0.360 e. The van der Waals surface area contributed by atoms with Gasteiger partial charge >= 0.3 is 0 Å². The Bertz CT molecular complexity index is 996. The topological polar surface area (TPSA) is 110 Å². The average molecular weight is 422 g/mol. The van der Waals surface area contributed by atoms with Crippen LogP contribution in [0.2, 0.25) is 0 Å². The number of hydrogen-bond acceptors (Lipinski definition) is 8. The lowest BCUT2D eigenvalue weighted by atomic mass is 10.2. The van der Waals surface area contributed by atoms with Gasteiger partial charge in [0, 0.05) is 35.9 Å². The van der Waals surface area contributed by atoms with E-state index in [1.165, 1.54) is 11.3 Å². The summed E-state index contributed by atoms with van der Waals surface area (Å²) in [7, 11) is -3.71. The highest BCUT2D eigenvalue weighted by Crippen LogP contribution is 2.24. The molecule has 0 aliphatic rings. The van der Waals surface area contributed by atoms with Crippen LogP contribution in [0.3, 0.4) is 0 Å². The first-order valence-electron chi connectivity index (χ1n) is 8.95. The van der Waals surface area contributed by atoms with Crippen molar-refractivity contribution in [2.24, 2.45) is 0 Å². The fourth-order valence-electron chi connectivity index (χ4n) is 2.91. The van der Waals surface area contributed by atoms with Crippen molar-refractivity contribution in [1.29, 1.82) is 0 Å². The number of nitrogens with one attached hydrogen (secondary N) is 2. The van der Waals surface area contributed by atoms with Crippen LogP contribution >= 0.6 is 11.3 Å². The lowest BCUT2D eigenvalue weighted by Gasteiger charge is -2.18. The number of sulfonamides is 1. The molecule has 0 spiro atoms. The molecule has 3 rings (SSSR count). The zero-order valence-corrected chi connectivity index (χ0v) is 17.6. The van der Waals surface area contributed by atoms with Crippen molar-refractivity contribution in [2.45, 2.75) is 44.6 Å². The van der Waals surface area contributed by atoms with Crippen LogP contribution in [-0.2, 0) is 10.0 Å². The van der Waals surface area contributed by atoms with Crippen LogP contribution in [0, 0.1) is 13.8 Å². The fraction of sp³-hybridized carbons (Fsp3) is 0.389. The SMILES string of the molecule is CCCC(CNc1nc(-c2ccncc2)cs1)NS(=O)(=O)c1c(C)noc1C. The smallest absolute Gasteiger partial charge is 0.246 e. The molecule has 3 aromatic heterocycles. The quantitative estimate of drug-likeness (QED) is 0.545. The Balaban J connectivity index is 1.68. The Labute approximate surface area is 168 Å². The lowest BCUT2D eigenvalue weighted by Crippen LogP contribution is -2.39. The van der Waals surface area contributed by atoms with E-state index in [1.54, 1.807) is 26.2 Å². The monoisotopic (exact) mass is 421 g/mol. The highest BCUT2D eigenvalue weighted by molar-refractivity contribution is 7.89. The second kappa shape index (κ2) is 8.80. The lowest BCUT2D eigenvalue weighted by molar-refractivity contribution is 0.390. The molecule has 3 heterocycles. The maximum atomic E-state index is 12.8. The number of thiazole rings is 1. The molecule has 8 nitrogen and oxygen atoms in total. The molecule has 0 aliphatic carbocycles. The van der Waals surface area contributed by atoms with E-state index in [4.69, 9.17) is 4.52 Å². The second-order valence-corrected chi connectivity index (χ2v) is 8.92. The van der Waals surface area contributed by atoms with Crippen LogP contribution < -0.4 is 10.0 Å². The van der Waals surface area contributed by atoms with Crippen molar-refractivity contribution in [3.05, 3.63) is 41.4 Å². The van der Waals surface area contributed by atoms with Gasteiger partial charge in [-0.3, -0.25) is 4.98 Å². The molecule has 1 atom stereocenters. The number of hydrogen-bond donors (Lipinski definition) is 2. The average Bonchev–Trinajstić information content (AvgIpc) is 3.27. The van der Waals surface area contributed by atoms with E-state index in [2.05, 4.69) is 25.2 Å². The first kappa shape index (κ1) is 20.4. The Morgan fingerprint density at radius 1 is 1.25 bits per heavy atom. The Morgan fingerprint density at radius 2 is 2.00 bits per heavy atom. The molecule has 10 heteroatoms. The van der Waals surface area contributed by atoms with Gasteiger partial charge in [0.1, 0.15) is 10.6 Å². The summed E-state index contributed by atoms with van der Waals surface area (Å²) in [6.45, 7) is 5.66. The van der Waals surface area contributed by atoms with Gasteiger partial charge in [0.15, 0.2) is 10.9 Å². The van der Waals surface area contributed by atoms with E-state index >= 15 is 0 Å². The first-order valence-corrected chi connectivity index (χ1v) is 11.3. The Hall–Kier alpha value is -2.30. The molecule has 0 fully saturated rings. The van der Waals surface area contributed by atoms with Gasteiger partial charge in [-0.1, -0.05) is 18.5 Å². The zero-order chi connectivity index (χ0) is 20.1. The molecule has 3 aromatic rings. The normalized spacial score (nSPS) is 12.8. The number of aromatic nitrogens is 3. The molecule has 0 saturated carbocycles. The van der Waals surface area contributed by atoms with Crippen LogP contribution in [-0.4, -0.2) is 36.1 Å². The van der Waals surface area contributed by atoms with E-state index in [0.717, 1.165) is 22.8 Å². The number of pyridine rings is 1. The van der Waals surface area contributed by atoms with Crippen molar-refractivity contribution in [3.8, 4) is 11.3 Å². The summed E-state index contributed by atoms with van der Waals surface area (Å²) in [5.41, 5.74) is 2.21. The van der Waals surface area contributed by atoms with Crippen LogP contribution in [0.25, 0.3) is 11.3 Å². The van der Waals surface area contributed by atoms with Crippen molar-refractivity contribution >= 4 is 26.5 Å². The summed E-state index contributed by atoms with van der Waals surface area (Å²) in [6.07, 6.45) is 4.99. The first-order chi connectivity index (χ1) is 13.4. The molecule has 0 aromatic carbocycles. The van der Waals surface area contributed by atoms with Gasteiger partial charge in [0.05, 0.1) is 5.69 Å². The molecule has 1 unspecified atom stereocenters. The summed E-state index contributed by atoms with van der Waals surface area (Å²) in [6, 6.07) is 3.52. The maximum absolute atomic E-state index is 12.8. The van der Waals surface area contributed by atoms with Gasteiger partial charge in [0.2, 0.25) is 10.0 Å². The summed E-state index contributed by atoms with van der Waals surface area (Å²) >= 11 is 1.48. The molecule has 0 radical (unpaired) electrons. The molecule has 28 heavy (non-hydrogen) atoms. The maximum Gasteiger partial charge on any atom is 0.246 e. The molecule has 0 amide bonds. The Morgan fingerprint density at radius 3 is 2.64 bits per heavy atom. The van der Waals surface area contributed by atoms with Crippen LogP contribution in [0.1, 0.15) is 31.2 Å². The Kier molecular flexibility index (Phi) is 6.42. The van der Waals surface area contributed by atoms with Gasteiger partial charge in [-0.05, 0) is 32.4 Å². The molecular formula is C18H23N5O3S2. The third kappa shape index (κ3) is 4.75. The number of nitrogens with zero attached hydrogens (tertiary/aromatic N) is 3.